The molecule has 6 heteroatoms. The molecule has 0 atom stereocenters. The second-order valence-electron chi connectivity index (χ2n) is 1.74. The minimum Gasteiger partial charge on any atom is -0.461 e. The van der Waals surface area contributed by atoms with E-state index in [1.165, 1.54) is 7.05 Å². The number of ether oxygens (including phenoxy) is 2. The van der Waals surface area contributed by atoms with Crippen molar-refractivity contribution in [3.63, 3.8) is 0 Å². The van der Waals surface area contributed by atoms with E-state index in [-0.39, 0.29) is 19.1 Å². The molecule has 0 spiro atoms. The third-order valence-electron chi connectivity index (χ3n) is 0.893. The molecule has 70 valence electrons. The molecule has 0 fully saturated rings. The summed E-state index contributed by atoms with van der Waals surface area (Å²) in [7, 11) is 1.44. The second kappa shape index (κ2) is 6.72. The molecule has 0 rings (SSSR count). The lowest BCUT2D eigenvalue weighted by molar-refractivity contribution is -0.141. The smallest absolute Gasteiger partial charge is 0.406 e. The summed E-state index contributed by atoms with van der Waals surface area (Å²) >= 11 is 5.13. The SMILES string of the molecule is CNC(=O)OCCOC(=O)CCl. The van der Waals surface area contributed by atoms with Crippen LogP contribution in [0.15, 0.2) is 0 Å². The van der Waals surface area contributed by atoms with E-state index in [4.69, 9.17) is 11.6 Å². The van der Waals surface area contributed by atoms with Crippen LogP contribution in [0.25, 0.3) is 0 Å². The first-order valence-electron chi connectivity index (χ1n) is 3.26. The first-order chi connectivity index (χ1) is 5.70. The molecule has 0 bridgehead atoms. The van der Waals surface area contributed by atoms with Crippen molar-refractivity contribution in [1.29, 1.82) is 0 Å². The van der Waals surface area contributed by atoms with Crippen molar-refractivity contribution in [3.05, 3.63) is 0 Å². The van der Waals surface area contributed by atoms with Crippen LogP contribution in [0.1, 0.15) is 0 Å². The quantitative estimate of drug-likeness (QED) is 0.393. The Morgan fingerprint density at radius 1 is 1.33 bits per heavy atom. The van der Waals surface area contributed by atoms with Crippen LogP contribution >= 0.6 is 11.6 Å². The Morgan fingerprint density at radius 2 is 1.92 bits per heavy atom. The number of nitrogens with one attached hydrogen (secondary N) is 1. The molecule has 0 aromatic carbocycles. The number of carbonyl (C=O) groups excluding carboxylic acids is 2. The molecule has 0 aromatic heterocycles. The third-order valence-corrected chi connectivity index (χ3v) is 1.11. The normalized spacial score (nSPS) is 8.83. The average Bonchev–Trinajstić information content (AvgIpc) is 2.11. The van der Waals surface area contributed by atoms with Crippen molar-refractivity contribution >= 4 is 23.7 Å². The highest BCUT2D eigenvalue weighted by Gasteiger charge is 2.00. The molecule has 0 unspecified atom stereocenters. The summed E-state index contributed by atoms with van der Waals surface area (Å²) in [6, 6.07) is 0. The van der Waals surface area contributed by atoms with Gasteiger partial charge in [-0.25, -0.2) is 4.79 Å². The minimum absolute atomic E-state index is 0.0268. The number of carbonyl (C=O) groups is 2. The van der Waals surface area contributed by atoms with Gasteiger partial charge in [-0.1, -0.05) is 0 Å². The maximum Gasteiger partial charge on any atom is 0.406 e. The highest BCUT2D eigenvalue weighted by Crippen LogP contribution is 1.83. The molecule has 0 aliphatic heterocycles. The highest BCUT2D eigenvalue weighted by molar-refractivity contribution is 6.26. The average molecular weight is 196 g/mol. The summed E-state index contributed by atoms with van der Waals surface area (Å²) in [5, 5.41) is 2.24. The molecule has 0 saturated carbocycles. The zero-order valence-electron chi connectivity index (χ0n) is 6.63. The first kappa shape index (κ1) is 11.0. The van der Waals surface area contributed by atoms with E-state index in [1.807, 2.05) is 0 Å². The van der Waals surface area contributed by atoms with Crippen molar-refractivity contribution < 1.29 is 19.1 Å². The molecule has 12 heavy (non-hydrogen) atoms. The van der Waals surface area contributed by atoms with Gasteiger partial charge in [0.2, 0.25) is 0 Å². The topological polar surface area (TPSA) is 64.6 Å². The Morgan fingerprint density at radius 3 is 2.42 bits per heavy atom. The van der Waals surface area contributed by atoms with Crippen LogP contribution in [0.4, 0.5) is 4.79 Å². The van der Waals surface area contributed by atoms with Crippen molar-refractivity contribution in [2.45, 2.75) is 0 Å². The van der Waals surface area contributed by atoms with Crippen molar-refractivity contribution in [2.24, 2.45) is 0 Å². The Labute approximate surface area is 75.0 Å². The fourth-order valence-corrected chi connectivity index (χ4v) is 0.478. The predicted octanol–water partition coefficient (Wildman–Crippen LogP) is 0.124. The number of halogens is 1. The largest absolute Gasteiger partial charge is 0.461 e. The fraction of sp³-hybridized carbons (Fsp3) is 0.667. The molecule has 0 aliphatic carbocycles. The van der Waals surface area contributed by atoms with Gasteiger partial charge in [0, 0.05) is 7.05 Å². The molecule has 0 aliphatic rings. The van der Waals surface area contributed by atoms with Crippen molar-refractivity contribution in [1.82, 2.24) is 5.32 Å². The lowest BCUT2D eigenvalue weighted by Crippen LogP contribution is -2.22. The molecule has 1 amide bonds. The van der Waals surface area contributed by atoms with Crippen molar-refractivity contribution in [2.75, 3.05) is 26.1 Å². The van der Waals surface area contributed by atoms with Gasteiger partial charge in [0.1, 0.15) is 19.1 Å². The van der Waals surface area contributed by atoms with Gasteiger partial charge in [-0.2, -0.15) is 0 Å². The van der Waals surface area contributed by atoms with E-state index < -0.39 is 12.1 Å². The van der Waals surface area contributed by atoms with Crippen LogP contribution < -0.4 is 5.32 Å². The fourth-order valence-electron chi connectivity index (χ4n) is 0.401. The van der Waals surface area contributed by atoms with E-state index in [0.717, 1.165) is 0 Å². The Balaban J connectivity index is 3.21. The van der Waals surface area contributed by atoms with Crippen LogP contribution in [0.2, 0.25) is 0 Å². The van der Waals surface area contributed by atoms with Gasteiger partial charge < -0.3 is 14.8 Å². The van der Waals surface area contributed by atoms with E-state index in [2.05, 4.69) is 14.8 Å². The number of hydrogen-bond donors (Lipinski definition) is 1. The van der Waals surface area contributed by atoms with Crippen LogP contribution in [0.5, 0.6) is 0 Å². The predicted molar refractivity (Wildman–Crippen MR) is 42.1 cm³/mol. The van der Waals surface area contributed by atoms with Gasteiger partial charge in [-0.05, 0) is 0 Å². The molecule has 0 aromatic rings. The van der Waals surface area contributed by atoms with Gasteiger partial charge in [0.15, 0.2) is 0 Å². The molecule has 0 saturated heterocycles. The maximum atomic E-state index is 10.4. The Kier molecular flexibility index (Phi) is 6.18. The molecule has 1 N–H and O–H groups in total. The van der Waals surface area contributed by atoms with E-state index in [1.54, 1.807) is 0 Å². The second-order valence-corrected chi connectivity index (χ2v) is 2.01. The molecular formula is C6H10ClNO4. The first-order valence-corrected chi connectivity index (χ1v) is 3.80. The van der Waals surface area contributed by atoms with E-state index in [0.29, 0.717) is 0 Å². The third kappa shape index (κ3) is 5.79. The van der Waals surface area contributed by atoms with Gasteiger partial charge in [-0.3, -0.25) is 4.79 Å². The lowest BCUT2D eigenvalue weighted by atomic mass is 10.7. The van der Waals surface area contributed by atoms with Crippen LogP contribution in [0.3, 0.4) is 0 Å². The molecular weight excluding hydrogens is 186 g/mol. The Hall–Kier alpha value is -0.970. The summed E-state index contributed by atoms with van der Waals surface area (Å²) in [5.74, 6) is -0.725. The number of esters is 1. The van der Waals surface area contributed by atoms with Gasteiger partial charge in [-0.15, -0.1) is 11.6 Å². The standard InChI is InChI=1S/C6H10ClNO4/c1-8-6(10)12-3-2-11-5(9)4-7/h2-4H2,1H3,(H,8,10). The van der Waals surface area contributed by atoms with Gasteiger partial charge >= 0.3 is 12.1 Å². The number of hydrogen-bond acceptors (Lipinski definition) is 4. The number of alkyl halides is 1. The Bertz CT molecular complexity index is 144. The molecule has 0 heterocycles. The van der Waals surface area contributed by atoms with Gasteiger partial charge in [0.05, 0.1) is 0 Å². The zero-order valence-corrected chi connectivity index (χ0v) is 7.39. The summed E-state index contributed by atoms with van der Waals surface area (Å²) in [4.78, 5) is 20.8. The number of rotatable bonds is 4. The minimum atomic E-state index is -0.558. The zero-order chi connectivity index (χ0) is 9.40. The van der Waals surface area contributed by atoms with Crippen LogP contribution in [-0.2, 0) is 14.3 Å². The maximum absolute atomic E-state index is 10.4. The summed E-state index contributed by atoms with van der Waals surface area (Å²) in [6.07, 6.45) is -0.558. The van der Waals surface area contributed by atoms with Gasteiger partial charge in [0.25, 0.3) is 0 Å². The number of amides is 1. The van der Waals surface area contributed by atoms with E-state index >= 15 is 0 Å². The number of alkyl carbamates (subject to hydrolysis) is 1. The molecule has 0 radical (unpaired) electrons. The van der Waals surface area contributed by atoms with Crippen molar-refractivity contribution in [3.8, 4) is 0 Å². The molecule has 5 nitrogen and oxygen atoms in total. The lowest BCUT2D eigenvalue weighted by Gasteiger charge is -2.03. The van der Waals surface area contributed by atoms with E-state index in [9.17, 15) is 9.59 Å². The summed E-state index contributed by atoms with van der Waals surface area (Å²) in [6.45, 7) is 0.0568. The monoisotopic (exact) mass is 195 g/mol. The van der Waals surface area contributed by atoms with Crippen LogP contribution in [-0.4, -0.2) is 38.2 Å². The van der Waals surface area contributed by atoms with Crippen LogP contribution in [0, 0.1) is 0 Å². The summed E-state index contributed by atoms with van der Waals surface area (Å²) < 4.78 is 9.03. The highest BCUT2D eigenvalue weighted by atomic mass is 35.5. The summed E-state index contributed by atoms with van der Waals surface area (Å²) in [5.41, 5.74) is 0.